The molecule has 1 heterocycles. The highest BCUT2D eigenvalue weighted by Gasteiger charge is 2.38. The summed E-state index contributed by atoms with van der Waals surface area (Å²) < 4.78 is 0. The fraction of sp³-hybridized carbons (Fsp3) is 0.783. The molecule has 36 heavy (non-hydrogen) atoms. The minimum atomic E-state index is -1.06. The molecule has 0 aliphatic carbocycles. The van der Waals surface area contributed by atoms with Gasteiger partial charge < -0.3 is 43.2 Å². The molecule has 1 rings (SSSR count). The molecule has 0 bridgehead atoms. The standard InChI is InChI=1S/C23H44N8O5/c1-3-14(2)18(30-19(32)15(25)8-6-12-28-23(26)27)20(33)29-16(9-4-5-11-24)21(34)31-13-7-10-17(31)22(35)36/h14-18H,3-13,24-25H2,1-2H3,(H,29,33)(H,30,32)(H,35,36)(H4,26,27,28)/t14-,15-,16-,17-,18-/m0/s1. The number of hydrogen-bond acceptors (Lipinski definition) is 7. The number of amides is 3. The fourth-order valence-electron chi connectivity index (χ4n) is 4.14. The molecule has 0 spiro atoms. The van der Waals surface area contributed by atoms with Gasteiger partial charge in [-0.3, -0.25) is 19.8 Å². The molecule has 1 aliphatic heterocycles. The van der Waals surface area contributed by atoms with Crippen molar-refractivity contribution in [3.63, 3.8) is 0 Å². The van der Waals surface area contributed by atoms with Crippen LogP contribution in [-0.4, -0.2) is 83.5 Å². The zero-order chi connectivity index (χ0) is 27.3. The number of aliphatic carboxylic acids is 1. The highest BCUT2D eigenvalue weighted by atomic mass is 16.4. The third-order valence-corrected chi connectivity index (χ3v) is 6.52. The molecular weight excluding hydrogens is 468 g/mol. The van der Waals surface area contributed by atoms with Crippen molar-refractivity contribution < 1.29 is 24.3 Å². The lowest BCUT2D eigenvalue weighted by Crippen LogP contribution is -2.58. The van der Waals surface area contributed by atoms with E-state index in [0.717, 1.165) is 0 Å². The number of guanidine groups is 1. The predicted octanol–water partition coefficient (Wildman–Crippen LogP) is -1.20. The second-order valence-electron chi connectivity index (χ2n) is 9.33. The number of carboxylic acid groups (broad SMARTS) is 1. The Morgan fingerprint density at radius 3 is 2.39 bits per heavy atom. The van der Waals surface area contributed by atoms with Crippen LogP contribution in [0.5, 0.6) is 0 Å². The molecule has 0 aromatic carbocycles. The van der Waals surface area contributed by atoms with Crippen molar-refractivity contribution in [2.45, 2.75) is 89.4 Å². The molecule has 206 valence electrons. The molecule has 1 fully saturated rings. The third-order valence-electron chi connectivity index (χ3n) is 6.52. The van der Waals surface area contributed by atoms with Crippen LogP contribution in [-0.2, 0) is 19.2 Å². The Kier molecular flexibility index (Phi) is 13.8. The molecular formula is C23H44N8O5. The minimum absolute atomic E-state index is 0.166. The van der Waals surface area contributed by atoms with Crippen LogP contribution in [0.4, 0.5) is 0 Å². The van der Waals surface area contributed by atoms with Gasteiger partial charge in [-0.2, -0.15) is 0 Å². The van der Waals surface area contributed by atoms with E-state index in [1.807, 2.05) is 13.8 Å². The Labute approximate surface area is 212 Å². The van der Waals surface area contributed by atoms with Crippen LogP contribution in [0.25, 0.3) is 0 Å². The quantitative estimate of drug-likeness (QED) is 0.0704. The molecule has 0 radical (unpaired) electrons. The average Bonchev–Trinajstić information content (AvgIpc) is 3.33. The zero-order valence-electron chi connectivity index (χ0n) is 21.4. The number of unbranched alkanes of at least 4 members (excludes halogenated alkanes) is 1. The largest absolute Gasteiger partial charge is 0.480 e. The number of nitrogens with one attached hydrogen (secondary N) is 4. The smallest absolute Gasteiger partial charge is 0.326 e. The highest BCUT2D eigenvalue weighted by molar-refractivity contribution is 5.94. The predicted molar refractivity (Wildman–Crippen MR) is 136 cm³/mol. The molecule has 13 heteroatoms. The lowest BCUT2D eigenvalue weighted by molar-refractivity contribution is -0.149. The van der Waals surface area contributed by atoms with E-state index < -0.39 is 47.9 Å². The van der Waals surface area contributed by atoms with E-state index in [0.29, 0.717) is 71.0 Å². The van der Waals surface area contributed by atoms with Gasteiger partial charge in [0, 0.05) is 13.1 Å². The van der Waals surface area contributed by atoms with Crippen LogP contribution in [0.3, 0.4) is 0 Å². The zero-order valence-corrected chi connectivity index (χ0v) is 21.4. The number of nitrogens with zero attached hydrogens (tertiary/aromatic N) is 1. The van der Waals surface area contributed by atoms with Gasteiger partial charge in [0.15, 0.2) is 5.96 Å². The van der Waals surface area contributed by atoms with Gasteiger partial charge in [-0.05, 0) is 57.4 Å². The van der Waals surface area contributed by atoms with E-state index in [9.17, 15) is 24.3 Å². The monoisotopic (exact) mass is 512 g/mol. The lowest BCUT2D eigenvalue weighted by atomic mass is 9.96. The summed E-state index contributed by atoms with van der Waals surface area (Å²) in [5.41, 5.74) is 16.8. The van der Waals surface area contributed by atoms with Crippen molar-refractivity contribution in [2.75, 3.05) is 19.6 Å². The van der Waals surface area contributed by atoms with Crippen LogP contribution in [0, 0.1) is 11.3 Å². The van der Waals surface area contributed by atoms with E-state index in [1.54, 1.807) is 0 Å². The summed E-state index contributed by atoms with van der Waals surface area (Å²) in [4.78, 5) is 52.2. The number of likely N-dealkylation sites (tertiary alicyclic amines) is 1. The number of rotatable bonds is 16. The molecule has 11 N–H and O–H groups in total. The Hall–Kier alpha value is -2.93. The first-order valence-electron chi connectivity index (χ1n) is 12.7. The van der Waals surface area contributed by atoms with E-state index in [-0.39, 0.29) is 11.9 Å². The average molecular weight is 513 g/mol. The van der Waals surface area contributed by atoms with Gasteiger partial charge in [0.25, 0.3) is 0 Å². The fourth-order valence-corrected chi connectivity index (χ4v) is 4.14. The van der Waals surface area contributed by atoms with Crippen molar-refractivity contribution in [2.24, 2.45) is 23.1 Å². The van der Waals surface area contributed by atoms with Crippen molar-refractivity contribution in [1.82, 2.24) is 20.9 Å². The molecule has 3 amide bonds. The van der Waals surface area contributed by atoms with E-state index in [4.69, 9.17) is 22.6 Å². The van der Waals surface area contributed by atoms with Crippen molar-refractivity contribution in [1.29, 1.82) is 5.41 Å². The summed E-state index contributed by atoms with van der Waals surface area (Å²) in [6.45, 7) is 4.85. The first kappa shape index (κ1) is 31.1. The van der Waals surface area contributed by atoms with E-state index in [1.165, 1.54) is 4.90 Å². The Morgan fingerprint density at radius 2 is 1.81 bits per heavy atom. The SMILES string of the molecule is CC[C@H](C)[C@H](NC(=O)[C@@H](N)CCCNC(=N)N)C(=O)N[C@@H](CCCCN)C(=O)N1CCC[C@H]1C(=O)O. The van der Waals surface area contributed by atoms with Gasteiger partial charge in [0.1, 0.15) is 18.1 Å². The van der Waals surface area contributed by atoms with E-state index >= 15 is 0 Å². The number of carbonyl (C=O) groups excluding carboxylic acids is 3. The molecule has 5 atom stereocenters. The normalized spacial score (nSPS) is 18.6. The third kappa shape index (κ3) is 9.97. The maximum Gasteiger partial charge on any atom is 0.326 e. The summed E-state index contributed by atoms with van der Waals surface area (Å²) >= 11 is 0. The van der Waals surface area contributed by atoms with Crippen molar-refractivity contribution in [3.8, 4) is 0 Å². The van der Waals surface area contributed by atoms with Crippen molar-refractivity contribution >= 4 is 29.7 Å². The van der Waals surface area contributed by atoms with Gasteiger partial charge in [-0.15, -0.1) is 0 Å². The van der Waals surface area contributed by atoms with Gasteiger partial charge in [-0.1, -0.05) is 20.3 Å². The van der Waals surface area contributed by atoms with Crippen LogP contribution in [0.15, 0.2) is 0 Å². The first-order chi connectivity index (χ1) is 17.0. The summed E-state index contributed by atoms with van der Waals surface area (Å²) in [6, 6.07) is -3.60. The summed E-state index contributed by atoms with van der Waals surface area (Å²) in [5, 5.41) is 24.8. The first-order valence-corrected chi connectivity index (χ1v) is 12.7. The lowest BCUT2D eigenvalue weighted by Gasteiger charge is -2.30. The highest BCUT2D eigenvalue weighted by Crippen LogP contribution is 2.20. The number of carbonyl (C=O) groups is 4. The van der Waals surface area contributed by atoms with E-state index in [2.05, 4.69) is 16.0 Å². The maximum atomic E-state index is 13.3. The van der Waals surface area contributed by atoms with Crippen molar-refractivity contribution in [3.05, 3.63) is 0 Å². The van der Waals surface area contributed by atoms with Crippen LogP contribution >= 0.6 is 0 Å². The topological polar surface area (TPSA) is 230 Å². The van der Waals surface area contributed by atoms with Gasteiger partial charge in [0.2, 0.25) is 17.7 Å². The molecule has 1 saturated heterocycles. The Morgan fingerprint density at radius 1 is 1.11 bits per heavy atom. The van der Waals surface area contributed by atoms with Crippen LogP contribution in [0.2, 0.25) is 0 Å². The second-order valence-corrected chi connectivity index (χ2v) is 9.33. The minimum Gasteiger partial charge on any atom is -0.480 e. The van der Waals surface area contributed by atoms with Gasteiger partial charge in [-0.25, -0.2) is 4.79 Å². The van der Waals surface area contributed by atoms with Crippen LogP contribution in [0.1, 0.15) is 65.2 Å². The van der Waals surface area contributed by atoms with Crippen LogP contribution < -0.4 is 33.2 Å². The molecule has 0 aromatic heterocycles. The number of carboxylic acids is 1. The molecule has 0 aromatic rings. The van der Waals surface area contributed by atoms with Gasteiger partial charge >= 0.3 is 5.97 Å². The Balaban J connectivity index is 2.91. The Bertz CT molecular complexity index is 765. The molecule has 13 nitrogen and oxygen atoms in total. The summed E-state index contributed by atoms with van der Waals surface area (Å²) in [5.74, 6) is -2.91. The molecule has 0 saturated carbocycles. The second kappa shape index (κ2) is 15.9. The maximum absolute atomic E-state index is 13.3. The molecule has 0 unspecified atom stereocenters. The number of nitrogens with two attached hydrogens (primary N) is 3. The molecule has 1 aliphatic rings. The summed E-state index contributed by atoms with van der Waals surface area (Å²) in [6.07, 6.45) is 3.93. The van der Waals surface area contributed by atoms with Gasteiger partial charge in [0.05, 0.1) is 6.04 Å². The summed E-state index contributed by atoms with van der Waals surface area (Å²) in [7, 11) is 0. The number of hydrogen-bond donors (Lipinski definition) is 8.